The molecule has 1 aliphatic heterocycles. The maximum absolute atomic E-state index is 12.7. The molecule has 0 aromatic heterocycles. The van der Waals surface area contributed by atoms with Crippen molar-refractivity contribution in [2.75, 3.05) is 7.05 Å². The normalized spacial score (nSPS) is 15.9. The quantitative estimate of drug-likeness (QED) is 0.806. The third-order valence-electron chi connectivity index (χ3n) is 4.01. The summed E-state index contributed by atoms with van der Waals surface area (Å²) in [5.41, 5.74) is 2.93. The van der Waals surface area contributed by atoms with Crippen LogP contribution in [0, 0.1) is 20.8 Å². The molecule has 0 aliphatic carbocycles. The highest BCUT2D eigenvalue weighted by atomic mass is 32.2. The van der Waals surface area contributed by atoms with Gasteiger partial charge in [0.15, 0.2) is 5.11 Å². The molecule has 22 heavy (non-hydrogen) atoms. The van der Waals surface area contributed by atoms with Gasteiger partial charge in [-0.1, -0.05) is 0 Å². The molecule has 1 aromatic carbocycles. The highest BCUT2D eigenvalue weighted by Crippen LogP contribution is 2.43. The summed E-state index contributed by atoms with van der Waals surface area (Å²) < 4.78 is 33.8. The number of rotatable bonds is 2. The van der Waals surface area contributed by atoms with Gasteiger partial charge >= 0.3 is 0 Å². The van der Waals surface area contributed by atoms with Gasteiger partial charge in [-0.3, -0.25) is 4.72 Å². The van der Waals surface area contributed by atoms with Crippen molar-refractivity contribution in [3.63, 3.8) is 0 Å². The number of fused-ring (bicyclic) bond motifs is 1. The molecule has 0 saturated heterocycles. The van der Waals surface area contributed by atoms with Gasteiger partial charge in [0.2, 0.25) is 0 Å². The maximum Gasteiger partial charge on any atom is 0.264 e. The monoisotopic (exact) mass is 342 g/mol. The van der Waals surface area contributed by atoms with Gasteiger partial charge in [0.05, 0.1) is 4.90 Å². The van der Waals surface area contributed by atoms with Gasteiger partial charge in [-0.05, 0) is 63.5 Å². The lowest BCUT2D eigenvalue weighted by Gasteiger charge is -2.19. The average molecular weight is 342 g/mol. The van der Waals surface area contributed by atoms with Crippen molar-refractivity contribution >= 4 is 27.4 Å². The Morgan fingerprint density at radius 3 is 2.32 bits per heavy atom. The number of nitrogens with one attached hydrogen (secondary N) is 2. The molecular weight excluding hydrogens is 320 g/mol. The van der Waals surface area contributed by atoms with E-state index in [1.54, 1.807) is 14.0 Å². The zero-order valence-corrected chi connectivity index (χ0v) is 15.4. The zero-order valence-electron chi connectivity index (χ0n) is 13.7. The number of thiocarbonyl (C=S) groups is 1. The molecule has 2 N–H and O–H groups in total. The van der Waals surface area contributed by atoms with Crippen molar-refractivity contribution in [2.45, 2.75) is 51.5 Å². The standard InChI is InChI=1S/C15H22N2O3S2/c1-8-9(2)13(22(18,19)17-14(21)16-6)10(3)11-7-15(4,5)20-12(8)11/h7H2,1-6H3,(H2,16,17,21). The van der Waals surface area contributed by atoms with Crippen molar-refractivity contribution in [3.05, 3.63) is 22.3 Å². The van der Waals surface area contributed by atoms with E-state index in [1.807, 2.05) is 27.7 Å². The Morgan fingerprint density at radius 2 is 1.77 bits per heavy atom. The van der Waals surface area contributed by atoms with Crippen molar-refractivity contribution < 1.29 is 13.2 Å². The second-order valence-corrected chi connectivity index (χ2v) is 8.26. The molecule has 0 fully saturated rings. The Morgan fingerprint density at radius 1 is 1.18 bits per heavy atom. The lowest BCUT2D eigenvalue weighted by atomic mass is 9.94. The van der Waals surface area contributed by atoms with Crippen LogP contribution >= 0.6 is 12.2 Å². The van der Waals surface area contributed by atoms with Crippen LogP contribution in [0.3, 0.4) is 0 Å². The molecule has 1 heterocycles. The summed E-state index contributed by atoms with van der Waals surface area (Å²) in [5.74, 6) is 0.815. The molecule has 7 heteroatoms. The summed E-state index contributed by atoms with van der Waals surface area (Å²) in [6, 6.07) is 0. The molecular formula is C15H22N2O3S2. The molecule has 122 valence electrons. The first-order valence-electron chi connectivity index (χ1n) is 7.06. The topological polar surface area (TPSA) is 67.4 Å². The van der Waals surface area contributed by atoms with Crippen LogP contribution in [0.2, 0.25) is 0 Å². The molecule has 0 bridgehead atoms. The van der Waals surface area contributed by atoms with Crippen molar-refractivity contribution in [1.82, 2.24) is 10.0 Å². The minimum Gasteiger partial charge on any atom is -0.487 e. The summed E-state index contributed by atoms with van der Waals surface area (Å²) in [6.07, 6.45) is 0.689. The average Bonchev–Trinajstić information content (AvgIpc) is 2.72. The van der Waals surface area contributed by atoms with E-state index in [9.17, 15) is 8.42 Å². The van der Waals surface area contributed by atoms with E-state index in [-0.39, 0.29) is 10.7 Å². The molecule has 0 amide bonds. The number of ether oxygens (including phenoxy) is 1. The van der Waals surface area contributed by atoms with Crippen molar-refractivity contribution in [2.24, 2.45) is 0 Å². The maximum atomic E-state index is 12.7. The Hall–Kier alpha value is -1.34. The first-order valence-corrected chi connectivity index (χ1v) is 8.95. The lowest BCUT2D eigenvalue weighted by molar-refractivity contribution is 0.137. The molecule has 0 spiro atoms. The first-order chi connectivity index (χ1) is 10.00. The van der Waals surface area contributed by atoms with E-state index in [0.29, 0.717) is 16.9 Å². The molecule has 2 rings (SSSR count). The predicted molar refractivity (Wildman–Crippen MR) is 91.0 cm³/mol. The number of sulfonamides is 1. The Labute approximate surface area is 137 Å². The van der Waals surface area contributed by atoms with Gasteiger partial charge in [-0.2, -0.15) is 0 Å². The van der Waals surface area contributed by atoms with Gasteiger partial charge in [0.1, 0.15) is 11.4 Å². The Bertz CT molecular complexity index is 753. The molecule has 0 unspecified atom stereocenters. The van der Waals surface area contributed by atoms with E-state index >= 15 is 0 Å². The van der Waals surface area contributed by atoms with Crippen LogP contribution in [-0.4, -0.2) is 26.2 Å². The van der Waals surface area contributed by atoms with Crippen LogP contribution in [0.4, 0.5) is 0 Å². The highest BCUT2D eigenvalue weighted by Gasteiger charge is 2.36. The van der Waals surface area contributed by atoms with Crippen LogP contribution in [0.25, 0.3) is 0 Å². The molecule has 0 saturated carbocycles. The van der Waals surface area contributed by atoms with Crippen LogP contribution in [-0.2, 0) is 16.4 Å². The third-order valence-corrected chi connectivity index (χ3v) is 6.07. The summed E-state index contributed by atoms with van der Waals surface area (Å²) in [5, 5.41) is 2.70. The fourth-order valence-electron chi connectivity index (χ4n) is 2.87. The number of hydrogen-bond acceptors (Lipinski definition) is 4. The van der Waals surface area contributed by atoms with Gasteiger partial charge in [-0.15, -0.1) is 0 Å². The predicted octanol–water partition coefficient (Wildman–Crippen LogP) is 2.11. The van der Waals surface area contributed by atoms with Crippen LogP contribution < -0.4 is 14.8 Å². The molecule has 0 atom stereocenters. The summed E-state index contributed by atoms with van der Waals surface area (Å²) in [6.45, 7) is 9.53. The highest BCUT2D eigenvalue weighted by molar-refractivity contribution is 7.92. The fraction of sp³-hybridized carbons (Fsp3) is 0.533. The lowest BCUT2D eigenvalue weighted by Crippen LogP contribution is -2.37. The van der Waals surface area contributed by atoms with Gasteiger partial charge in [0, 0.05) is 19.0 Å². The number of benzene rings is 1. The van der Waals surface area contributed by atoms with E-state index in [1.165, 1.54) is 0 Å². The molecule has 1 aromatic rings. The van der Waals surface area contributed by atoms with E-state index < -0.39 is 10.0 Å². The summed E-state index contributed by atoms with van der Waals surface area (Å²) >= 11 is 4.93. The minimum atomic E-state index is -3.72. The van der Waals surface area contributed by atoms with Crippen LogP contribution in [0.1, 0.15) is 36.1 Å². The van der Waals surface area contributed by atoms with Gasteiger partial charge in [-0.25, -0.2) is 8.42 Å². The molecule has 0 radical (unpaired) electrons. The second-order valence-electron chi connectivity index (χ2n) is 6.23. The zero-order chi connectivity index (χ0) is 16.9. The number of hydrogen-bond donors (Lipinski definition) is 2. The van der Waals surface area contributed by atoms with Crippen LogP contribution in [0.5, 0.6) is 5.75 Å². The Balaban J connectivity index is 2.66. The van der Waals surface area contributed by atoms with Crippen molar-refractivity contribution in [1.29, 1.82) is 0 Å². The van der Waals surface area contributed by atoms with Crippen LogP contribution in [0.15, 0.2) is 4.90 Å². The smallest absolute Gasteiger partial charge is 0.264 e. The van der Waals surface area contributed by atoms with Gasteiger partial charge < -0.3 is 10.1 Å². The molecule has 1 aliphatic rings. The van der Waals surface area contributed by atoms with E-state index in [4.69, 9.17) is 17.0 Å². The molecule has 5 nitrogen and oxygen atoms in total. The third kappa shape index (κ3) is 2.79. The van der Waals surface area contributed by atoms with Gasteiger partial charge in [0.25, 0.3) is 10.0 Å². The van der Waals surface area contributed by atoms with Crippen molar-refractivity contribution in [3.8, 4) is 5.75 Å². The first kappa shape index (κ1) is 17.0. The Kier molecular flexibility index (Phi) is 4.16. The largest absolute Gasteiger partial charge is 0.487 e. The minimum absolute atomic E-state index is 0.0773. The summed E-state index contributed by atoms with van der Waals surface area (Å²) in [4.78, 5) is 0.294. The second kappa shape index (κ2) is 5.38. The van der Waals surface area contributed by atoms with E-state index in [0.717, 1.165) is 22.4 Å². The summed E-state index contributed by atoms with van der Waals surface area (Å²) in [7, 11) is -2.15. The van der Waals surface area contributed by atoms with E-state index in [2.05, 4.69) is 10.0 Å². The SMILES string of the molecule is CNC(=S)NS(=O)(=O)c1c(C)c(C)c2c(c1C)CC(C)(C)O2. The fourth-order valence-corrected chi connectivity index (χ4v) is 4.73.